The molecule has 2 N–H and O–H groups in total. The van der Waals surface area contributed by atoms with Crippen molar-refractivity contribution in [1.82, 2.24) is 10.6 Å². The maximum atomic E-state index is 11.9. The zero-order valence-electron chi connectivity index (χ0n) is 17.1. The first-order valence-corrected chi connectivity index (χ1v) is 10.0. The molecule has 0 aliphatic heterocycles. The molecular weight excluding hydrogens is 312 g/mol. The van der Waals surface area contributed by atoms with Crippen molar-refractivity contribution in [3.8, 4) is 0 Å². The second-order valence-corrected chi connectivity index (χ2v) is 7.19. The number of ketones is 2. The van der Waals surface area contributed by atoms with E-state index >= 15 is 0 Å². The average Bonchev–Trinajstić information content (AvgIpc) is 2.59. The van der Waals surface area contributed by atoms with Gasteiger partial charge in [-0.25, -0.2) is 0 Å². The minimum Gasteiger partial charge on any atom is -0.314 e. The van der Waals surface area contributed by atoms with Crippen LogP contribution in [-0.4, -0.2) is 36.7 Å². The number of carbonyl (C=O) groups is 2. The van der Waals surface area contributed by atoms with Crippen molar-refractivity contribution in [3.63, 3.8) is 0 Å². The third-order valence-corrected chi connectivity index (χ3v) is 4.73. The highest BCUT2D eigenvalue weighted by atomic mass is 16.1. The van der Waals surface area contributed by atoms with Crippen LogP contribution in [0, 0.1) is 0 Å². The second kappa shape index (κ2) is 15.3. The second-order valence-electron chi connectivity index (χ2n) is 7.19. The molecule has 0 amide bonds. The Kier molecular flexibility index (Phi) is 14.7. The van der Waals surface area contributed by atoms with Gasteiger partial charge in [-0.1, -0.05) is 25.5 Å². The van der Waals surface area contributed by atoms with E-state index in [1.165, 1.54) is 5.57 Å². The van der Waals surface area contributed by atoms with Gasteiger partial charge in [-0.3, -0.25) is 9.59 Å². The molecule has 4 heteroatoms. The number of hydrogen-bond acceptors (Lipinski definition) is 4. The van der Waals surface area contributed by atoms with Crippen molar-refractivity contribution < 1.29 is 9.59 Å². The van der Waals surface area contributed by atoms with Gasteiger partial charge in [0.15, 0.2) is 0 Å². The number of rotatable bonds is 16. The summed E-state index contributed by atoms with van der Waals surface area (Å²) in [7, 11) is 0. The van der Waals surface area contributed by atoms with E-state index in [2.05, 4.69) is 51.3 Å². The SMILES string of the molecule is CCC(C)NCCC(=O)CC/C=C(/C)CCC(=O)CCNC(C)CC. The van der Waals surface area contributed by atoms with Crippen molar-refractivity contribution >= 4 is 11.6 Å². The van der Waals surface area contributed by atoms with Crippen LogP contribution in [0.5, 0.6) is 0 Å². The first kappa shape index (κ1) is 24.0. The molecule has 0 aromatic carbocycles. The maximum absolute atomic E-state index is 11.9. The summed E-state index contributed by atoms with van der Waals surface area (Å²) in [6, 6.07) is 0.959. The molecule has 0 bridgehead atoms. The lowest BCUT2D eigenvalue weighted by atomic mass is 10.0. The highest BCUT2D eigenvalue weighted by molar-refractivity contribution is 5.79. The topological polar surface area (TPSA) is 58.2 Å². The van der Waals surface area contributed by atoms with Gasteiger partial charge in [-0.2, -0.15) is 0 Å². The smallest absolute Gasteiger partial charge is 0.134 e. The van der Waals surface area contributed by atoms with E-state index in [4.69, 9.17) is 0 Å². The fourth-order valence-electron chi connectivity index (χ4n) is 2.37. The van der Waals surface area contributed by atoms with Gasteiger partial charge in [-0.05, 0) is 46.5 Å². The molecule has 0 aromatic heterocycles. The van der Waals surface area contributed by atoms with E-state index in [9.17, 15) is 9.59 Å². The zero-order valence-corrected chi connectivity index (χ0v) is 17.1. The normalized spacial score (nSPS) is 14.4. The molecule has 0 radical (unpaired) electrons. The van der Waals surface area contributed by atoms with Crippen LogP contribution in [0.3, 0.4) is 0 Å². The molecular formula is C21H40N2O2. The summed E-state index contributed by atoms with van der Waals surface area (Å²) >= 11 is 0. The Hall–Kier alpha value is -1.00. The van der Waals surface area contributed by atoms with Crippen LogP contribution in [-0.2, 0) is 9.59 Å². The van der Waals surface area contributed by atoms with E-state index < -0.39 is 0 Å². The molecule has 2 unspecified atom stereocenters. The van der Waals surface area contributed by atoms with Gasteiger partial charge < -0.3 is 10.6 Å². The van der Waals surface area contributed by atoms with E-state index in [1.54, 1.807) is 0 Å². The molecule has 0 aliphatic rings. The lowest BCUT2D eigenvalue weighted by Gasteiger charge is -2.10. The van der Waals surface area contributed by atoms with Crippen molar-refractivity contribution in [3.05, 3.63) is 11.6 Å². The third kappa shape index (κ3) is 15.0. The van der Waals surface area contributed by atoms with Crippen LogP contribution in [0.1, 0.15) is 86.0 Å². The van der Waals surface area contributed by atoms with Gasteiger partial charge in [0.1, 0.15) is 11.6 Å². The molecule has 0 saturated heterocycles. The van der Waals surface area contributed by atoms with Crippen molar-refractivity contribution in [1.29, 1.82) is 0 Å². The summed E-state index contributed by atoms with van der Waals surface area (Å²) in [5.41, 5.74) is 1.22. The molecule has 0 aromatic rings. The molecule has 0 spiro atoms. The Morgan fingerprint density at radius 2 is 1.28 bits per heavy atom. The van der Waals surface area contributed by atoms with Crippen molar-refractivity contribution in [2.45, 2.75) is 98.1 Å². The molecule has 0 aliphatic carbocycles. The Morgan fingerprint density at radius 3 is 1.76 bits per heavy atom. The zero-order chi connectivity index (χ0) is 19.1. The summed E-state index contributed by atoms with van der Waals surface area (Å²) in [4.78, 5) is 23.7. The highest BCUT2D eigenvalue weighted by Gasteiger charge is 2.05. The minimum absolute atomic E-state index is 0.312. The van der Waals surface area contributed by atoms with Gasteiger partial charge in [0.2, 0.25) is 0 Å². The van der Waals surface area contributed by atoms with E-state index in [0.717, 1.165) is 38.8 Å². The number of carbonyl (C=O) groups excluding carboxylic acids is 2. The standard InChI is InChI=1S/C21H40N2O2/c1-6-18(4)22-15-13-20(24)10-8-9-17(3)11-12-21(25)14-16-23-19(5)7-2/h9,18-19,22-23H,6-8,10-16H2,1-5H3/b17-9-. The molecule has 4 nitrogen and oxygen atoms in total. The Balaban J connectivity index is 3.76. The van der Waals surface area contributed by atoms with Crippen molar-refractivity contribution in [2.24, 2.45) is 0 Å². The van der Waals surface area contributed by atoms with Gasteiger partial charge >= 0.3 is 0 Å². The number of nitrogens with one attached hydrogen (secondary N) is 2. The summed E-state index contributed by atoms with van der Waals surface area (Å²) in [5, 5.41) is 6.69. The number of Topliss-reactive ketones (excluding diaryl/α,β-unsaturated/α-hetero) is 2. The van der Waals surface area contributed by atoms with Gasteiger partial charge in [0.05, 0.1) is 0 Å². The molecule has 0 heterocycles. The predicted molar refractivity (Wildman–Crippen MR) is 107 cm³/mol. The predicted octanol–water partition coefficient (Wildman–Crippen LogP) is 4.19. The molecule has 0 rings (SSSR count). The van der Waals surface area contributed by atoms with Crippen LogP contribution >= 0.6 is 0 Å². The maximum Gasteiger partial charge on any atom is 0.134 e. The average molecular weight is 353 g/mol. The van der Waals surface area contributed by atoms with Crippen molar-refractivity contribution in [2.75, 3.05) is 13.1 Å². The van der Waals surface area contributed by atoms with Crippen LogP contribution in [0.15, 0.2) is 11.6 Å². The fourth-order valence-corrected chi connectivity index (χ4v) is 2.37. The summed E-state index contributed by atoms with van der Waals surface area (Å²) in [6.07, 6.45) is 8.32. The molecule has 25 heavy (non-hydrogen) atoms. The van der Waals surface area contributed by atoms with E-state index in [0.29, 0.717) is 49.3 Å². The molecule has 2 atom stereocenters. The Morgan fingerprint density at radius 1 is 0.800 bits per heavy atom. The summed E-state index contributed by atoms with van der Waals surface area (Å²) in [6.45, 7) is 12.2. The van der Waals surface area contributed by atoms with E-state index in [-0.39, 0.29) is 0 Å². The first-order valence-electron chi connectivity index (χ1n) is 10.0. The molecule has 0 saturated carbocycles. The van der Waals surface area contributed by atoms with Crippen LogP contribution in [0.25, 0.3) is 0 Å². The van der Waals surface area contributed by atoms with Crippen LogP contribution in [0.2, 0.25) is 0 Å². The molecule has 146 valence electrons. The van der Waals surface area contributed by atoms with Crippen LogP contribution in [0.4, 0.5) is 0 Å². The first-order chi connectivity index (χ1) is 11.9. The quantitative estimate of drug-likeness (QED) is 0.409. The largest absolute Gasteiger partial charge is 0.314 e. The molecule has 0 fully saturated rings. The summed E-state index contributed by atoms with van der Waals surface area (Å²) in [5.74, 6) is 0.628. The summed E-state index contributed by atoms with van der Waals surface area (Å²) < 4.78 is 0. The van der Waals surface area contributed by atoms with Gasteiger partial charge in [-0.15, -0.1) is 0 Å². The fraction of sp³-hybridized carbons (Fsp3) is 0.810. The minimum atomic E-state index is 0.312. The lowest BCUT2D eigenvalue weighted by Crippen LogP contribution is -2.27. The number of allylic oxidation sites excluding steroid dienone is 2. The third-order valence-electron chi connectivity index (χ3n) is 4.73. The number of hydrogen-bond donors (Lipinski definition) is 2. The van der Waals surface area contributed by atoms with Gasteiger partial charge in [0.25, 0.3) is 0 Å². The van der Waals surface area contributed by atoms with E-state index in [1.807, 2.05) is 0 Å². The Labute approximate surface area is 155 Å². The highest BCUT2D eigenvalue weighted by Crippen LogP contribution is 2.09. The van der Waals surface area contributed by atoms with Crippen LogP contribution < -0.4 is 10.6 Å². The lowest BCUT2D eigenvalue weighted by molar-refractivity contribution is -0.119. The Bertz CT molecular complexity index is 405. The monoisotopic (exact) mass is 352 g/mol. The van der Waals surface area contributed by atoms with Gasteiger partial charge in [0, 0.05) is 50.9 Å².